The molecule has 1 aromatic heterocycles. The molecule has 5 heteroatoms. The minimum atomic E-state index is 0.542. The quantitative estimate of drug-likeness (QED) is 0.745. The van der Waals surface area contributed by atoms with Gasteiger partial charge in [-0.2, -0.15) is 5.26 Å². The average molecular weight is 354 g/mol. The van der Waals surface area contributed by atoms with Crippen molar-refractivity contribution in [2.45, 2.75) is 6.54 Å². The summed E-state index contributed by atoms with van der Waals surface area (Å²) < 4.78 is 6.35. The Bertz CT molecular complexity index is 821. The van der Waals surface area contributed by atoms with Gasteiger partial charge in [0.2, 0.25) is 5.89 Å². The van der Waals surface area contributed by atoms with Gasteiger partial charge in [-0.15, -0.1) is 0 Å². The van der Waals surface area contributed by atoms with Crippen molar-refractivity contribution >= 4 is 21.6 Å². The van der Waals surface area contributed by atoms with Crippen LogP contribution in [0.25, 0.3) is 11.5 Å². The van der Waals surface area contributed by atoms with Gasteiger partial charge in [0.15, 0.2) is 0 Å². The predicted octanol–water partition coefficient (Wildman–Crippen LogP) is 4.59. The van der Waals surface area contributed by atoms with Gasteiger partial charge in [-0.05, 0) is 46.3 Å². The molecule has 0 fully saturated rings. The van der Waals surface area contributed by atoms with Gasteiger partial charge in [-0.1, -0.05) is 18.2 Å². The van der Waals surface area contributed by atoms with Gasteiger partial charge in [-0.25, -0.2) is 4.98 Å². The zero-order valence-electron chi connectivity index (χ0n) is 11.6. The van der Waals surface area contributed by atoms with Gasteiger partial charge >= 0.3 is 0 Å². The van der Waals surface area contributed by atoms with Crippen molar-refractivity contribution in [1.82, 2.24) is 4.98 Å². The van der Waals surface area contributed by atoms with Gasteiger partial charge in [-0.3, -0.25) is 0 Å². The molecule has 0 saturated carbocycles. The monoisotopic (exact) mass is 353 g/mol. The van der Waals surface area contributed by atoms with Gasteiger partial charge in [0, 0.05) is 15.7 Å². The van der Waals surface area contributed by atoms with Crippen LogP contribution in [0.3, 0.4) is 0 Å². The van der Waals surface area contributed by atoms with Crippen LogP contribution in [0.5, 0.6) is 0 Å². The Morgan fingerprint density at radius 2 is 2.00 bits per heavy atom. The molecule has 3 rings (SSSR count). The molecule has 0 radical (unpaired) electrons. The molecule has 0 atom stereocenters. The number of anilines is 1. The van der Waals surface area contributed by atoms with Crippen LogP contribution in [-0.4, -0.2) is 4.98 Å². The van der Waals surface area contributed by atoms with E-state index >= 15 is 0 Å². The van der Waals surface area contributed by atoms with Crippen LogP contribution in [0.1, 0.15) is 11.3 Å². The number of hydrogen-bond donors (Lipinski definition) is 1. The minimum Gasteiger partial charge on any atom is -0.444 e. The average Bonchev–Trinajstić information content (AvgIpc) is 3.03. The molecule has 22 heavy (non-hydrogen) atoms. The Labute approximate surface area is 136 Å². The molecule has 0 aliphatic heterocycles. The zero-order chi connectivity index (χ0) is 15.4. The van der Waals surface area contributed by atoms with E-state index in [2.05, 4.69) is 32.3 Å². The number of benzene rings is 2. The first-order valence-electron chi connectivity index (χ1n) is 6.69. The Balaban J connectivity index is 1.70. The summed E-state index contributed by atoms with van der Waals surface area (Å²) in [6.07, 6.45) is 1.65. The Kier molecular flexibility index (Phi) is 4.22. The molecule has 0 aliphatic carbocycles. The Hall–Kier alpha value is -2.58. The summed E-state index contributed by atoms with van der Waals surface area (Å²) in [6.45, 7) is 0.542. The third kappa shape index (κ3) is 3.18. The third-order valence-electron chi connectivity index (χ3n) is 3.13. The lowest BCUT2D eigenvalue weighted by molar-refractivity contribution is 0.573. The fourth-order valence-electron chi connectivity index (χ4n) is 2.02. The SMILES string of the molecule is N#Cc1ccc(NCc2coc(-c3ccccc3)n2)c(Br)c1. The number of halogens is 1. The maximum Gasteiger partial charge on any atom is 0.226 e. The summed E-state index contributed by atoms with van der Waals surface area (Å²) in [7, 11) is 0. The van der Waals surface area contributed by atoms with Crippen molar-refractivity contribution in [1.29, 1.82) is 5.26 Å². The van der Waals surface area contributed by atoms with Gasteiger partial charge < -0.3 is 9.73 Å². The first kappa shape index (κ1) is 14.4. The smallest absolute Gasteiger partial charge is 0.226 e. The van der Waals surface area contributed by atoms with Crippen molar-refractivity contribution < 1.29 is 4.42 Å². The first-order chi connectivity index (χ1) is 10.8. The first-order valence-corrected chi connectivity index (χ1v) is 7.49. The van der Waals surface area contributed by atoms with Crippen LogP contribution in [0.4, 0.5) is 5.69 Å². The lowest BCUT2D eigenvalue weighted by Gasteiger charge is -2.06. The molecule has 1 N–H and O–H groups in total. The van der Waals surface area contributed by atoms with Crippen molar-refractivity contribution in [3.63, 3.8) is 0 Å². The van der Waals surface area contributed by atoms with Crippen LogP contribution >= 0.6 is 15.9 Å². The number of hydrogen-bond acceptors (Lipinski definition) is 4. The van der Waals surface area contributed by atoms with E-state index in [1.807, 2.05) is 36.4 Å². The summed E-state index contributed by atoms with van der Waals surface area (Å²) in [5, 5.41) is 12.1. The summed E-state index contributed by atoms with van der Waals surface area (Å²) >= 11 is 3.45. The summed E-state index contributed by atoms with van der Waals surface area (Å²) in [6, 6.07) is 17.3. The van der Waals surface area contributed by atoms with Crippen LogP contribution < -0.4 is 5.32 Å². The molecule has 0 amide bonds. The van der Waals surface area contributed by atoms with E-state index in [0.717, 1.165) is 21.4 Å². The van der Waals surface area contributed by atoms with Crippen LogP contribution in [0.2, 0.25) is 0 Å². The number of rotatable bonds is 4. The number of aromatic nitrogens is 1. The molecule has 0 bridgehead atoms. The third-order valence-corrected chi connectivity index (χ3v) is 3.79. The van der Waals surface area contributed by atoms with Gasteiger partial charge in [0.25, 0.3) is 0 Å². The second kappa shape index (κ2) is 6.46. The fourth-order valence-corrected chi connectivity index (χ4v) is 2.53. The Morgan fingerprint density at radius 3 is 2.73 bits per heavy atom. The Morgan fingerprint density at radius 1 is 1.18 bits per heavy atom. The van der Waals surface area contributed by atoms with E-state index in [-0.39, 0.29) is 0 Å². The minimum absolute atomic E-state index is 0.542. The predicted molar refractivity (Wildman–Crippen MR) is 88.1 cm³/mol. The molecule has 3 aromatic rings. The largest absolute Gasteiger partial charge is 0.444 e. The van der Waals surface area contributed by atoms with Crippen LogP contribution in [0.15, 0.2) is 63.7 Å². The summed E-state index contributed by atoms with van der Waals surface area (Å²) in [5.41, 5.74) is 3.29. The lowest BCUT2D eigenvalue weighted by atomic mass is 10.2. The molecule has 1 heterocycles. The molecule has 2 aromatic carbocycles. The highest BCUT2D eigenvalue weighted by molar-refractivity contribution is 9.10. The van der Waals surface area contributed by atoms with E-state index in [4.69, 9.17) is 9.68 Å². The normalized spacial score (nSPS) is 10.2. The van der Waals surface area contributed by atoms with Crippen molar-refractivity contribution in [3.8, 4) is 17.5 Å². The zero-order valence-corrected chi connectivity index (χ0v) is 13.2. The number of nitrogens with zero attached hydrogens (tertiary/aromatic N) is 2. The molecule has 0 saturated heterocycles. The molecule has 4 nitrogen and oxygen atoms in total. The van der Waals surface area contributed by atoms with Crippen molar-refractivity contribution in [3.05, 3.63) is 70.5 Å². The van der Waals surface area contributed by atoms with Crippen LogP contribution in [0, 0.1) is 11.3 Å². The standard InChI is InChI=1S/C17H12BrN3O/c18-15-8-12(9-19)6-7-16(15)20-10-14-11-22-17(21-14)13-4-2-1-3-5-13/h1-8,11,20H,10H2. The molecular formula is C17H12BrN3O. The van der Waals surface area contributed by atoms with Crippen LogP contribution in [-0.2, 0) is 6.54 Å². The second-order valence-corrected chi connectivity index (χ2v) is 5.52. The number of nitriles is 1. The molecule has 0 aliphatic rings. The molecule has 0 spiro atoms. The number of oxazole rings is 1. The van der Waals surface area contributed by atoms with Gasteiger partial charge in [0.05, 0.1) is 23.9 Å². The summed E-state index contributed by atoms with van der Waals surface area (Å²) in [5.74, 6) is 0.608. The highest BCUT2D eigenvalue weighted by Crippen LogP contribution is 2.24. The number of nitrogens with one attached hydrogen (secondary N) is 1. The maximum atomic E-state index is 8.86. The molecular weight excluding hydrogens is 342 g/mol. The summed E-state index contributed by atoms with van der Waals surface area (Å²) in [4.78, 5) is 4.46. The molecule has 0 unspecified atom stereocenters. The van der Waals surface area contributed by atoms with Crippen molar-refractivity contribution in [2.75, 3.05) is 5.32 Å². The van der Waals surface area contributed by atoms with Crippen molar-refractivity contribution in [2.24, 2.45) is 0 Å². The highest BCUT2D eigenvalue weighted by Gasteiger charge is 2.07. The molecule has 108 valence electrons. The van der Waals surface area contributed by atoms with E-state index < -0.39 is 0 Å². The van der Waals surface area contributed by atoms with E-state index in [1.165, 1.54) is 0 Å². The topological polar surface area (TPSA) is 61.9 Å². The fraction of sp³-hybridized carbons (Fsp3) is 0.0588. The van der Waals surface area contributed by atoms with E-state index in [0.29, 0.717) is 18.0 Å². The lowest BCUT2D eigenvalue weighted by Crippen LogP contribution is -2.00. The highest BCUT2D eigenvalue weighted by atomic mass is 79.9. The van der Waals surface area contributed by atoms with E-state index in [9.17, 15) is 0 Å². The van der Waals surface area contributed by atoms with E-state index in [1.54, 1.807) is 18.4 Å². The van der Waals surface area contributed by atoms with Gasteiger partial charge in [0.1, 0.15) is 6.26 Å². The maximum absolute atomic E-state index is 8.86. The second-order valence-electron chi connectivity index (χ2n) is 4.67.